The number of carbonyl (C=O) groups excluding carboxylic acids is 1. The van der Waals surface area contributed by atoms with E-state index in [1.165, 1.54) is 0 Å². The molecule has 0 heterocycles. The summed E-state index contributed by atoms with van der Waals surface area (Å²) in [6.07, 6.45) is 3.39. The SMILES string of the molecule is CC(C)[C@H](N)C(=O)O.NC(=O)NCCC[C@H](N)C(=O)O.NCCCC[C@H](N)C(=O)O.N[C@@H](Cc1ccccc1)C(=O)O. The van der Waals surface area contributed by atoms with Gasteiger partial charge in [0.15, 0.2) is 0 Å². The molecule has 0 aliphatic carbocycles. The third kappa shape index (κ3) is 27.7. The fraction of sp³-hybridized carbons (Fsp3) is 0.577. The van der Waals surface area contributed by atoms with Gasteiger partial charge < -0.3 is 60.1 Å². The van der Waals surface area contributed by atoms with Crippen molar-refractivity contribution in [1.82, 2.24) is 5.32 Å². The van der Waals surface area contributed by atoms with E-state index >= 15 is 0 Å². The molecule has 16 nitrogen and oxygen atoms in total. The minimum atomic E-state index is -1.03. The molecular formula is C26H49N7O9. The number of nitrogens with two attached hydrogens (primary N) is 6. The highest BCUT2D eigenvalue weighted by atomic mass is 16.4. The maximum atomic E-state index is 10.4. The van der Waals surface area contributed by atoms with E-state index in [1.54, 1.807) is 13.8 Å². The Kier molecular flexibility index (Phi) is 26.5. The number of hydrogen-bond donors (Lipinski definition) is 11. The molecule has 4 atom stereocenters. The van der Waals surface area contributed by atoms with Crippen LogP contribution >= 0.6 is 0 Å². The Hall–Kier alpha value is -3.83. The van der Waals surface area contributed by atoms with Crippen molar-refractivity contribution in [1.29, 1.82) is 0 Å². The summed E-state index contributed by atoms with van der Waals surface area (Å²) in [7, 11) is 0. The second-order valence-electron chi connectivity index (χ2n) is 9.35. The quantitative estimate of drug-likeness (QED) is 0.108. The highest BCUT2D eigenvalue weighted by Crippen LogP contribution is 2.01. The molecule has 1 aromatic rings. The van der Waals surface area contributed by atoms with E-state index in [1.807, 2.05) is 30.3 Å². The van der Waals surface area contributed by atoms with Crippen LogP contribution in [0.2, 0.25) is 0 Å². The monoisotopic (exact) mass is 603 g/mol. The van der Waals surface area contributed by atoms with Gasteiger partial charge in [-0.05, 0) is 50.1 Å². The van der Waals surface area contributed by atoms with Gasteiger partial charge in [-0.25, -0.2) is 4.79 Å². The first-order valence-corrected chi connectivity index (χ1v) is 13.2. The molecule has 0 aliphatic heterocycles. The molecular weight excluding hydrogens is 554 g/mol. The van der Waals surface area contributed by atoms with Crippen LogP contribution in [0.5, 0.6) is 0 Å². The third-order valence-electron chi connectivity index (χ3n) is 5.21. The van der Waals surface area contributed by atoms with Gasteiger partial charge in [0.2, 0.25) is 0 Å². The average Bonchev–Trinajstić information content (AvgIpc) is 2.91. The fourth-order valence-electron chi connectivity index (χ4n) is 2.53. The lowest BCUT2D eigenvalue weighted by molar-refractivity contribution is -0.140. The molecule has 0 unspecified atom stereocenters. The molecule has 0 saturated heterocycles. The van der Waals surface area contributed by atoms with Crippen LogP contribution in [0.3, 0.4) is 0 Å². The first-order valence-electron chi connectivity index (χ1n) is 13.2. The van der Waals surface area contributed by atoms with Crippen molar-refractivity contribution in [3.8, 4) is 0 Å². The van der Waals surface area contributed by atoms with Gasteiger partial charge in [-0.15, -0.1) is 0 Å². The highest BCUT2D eigenvalue weighted by molar-refractivity contribution is 5.74. The molecule has 242 valence electrons. The van der Waals surface area contributed by atoms with E-state index in [0.717, 1.165) is 18.4 Å². The first-order chi connectivity index (χ1) is 19.5. The predicted molar refractivity (Wildman–Crippen MR) is 157 cm³/mol. The van der Waals surface area contributed by atoms with Crippen molar-refractivity contribution in [2.24, 2.45) is 40.3 Å². The van der Waals surface area contributed by atoms with Crippen LogP contribution in [0.4, 0.5) is 4.79 Å². The van der Waals surface area contributed by atoms with Crippen molar-refractivity contribution >= 4 is 29.9 Å². The molecule has 17 N–H and O–H groups in total. The predicted octanol–water partition coefficient (Wildman–Crippen LogP) is -0.931. The van der Waals surface area contributed by atoms with Crippen LogP contribution in [0, 0.1) is 5.92 Å². The van der Waals surface area contributed by atoms with Crippen molar-refractivity contribution < 1.29 is 44.4 Å². The molecule has 0 aliphatic rings. The molecule has 0 radical (unpaired) electrons. The van der Waals surface area contributed by atoms with Crippen molar-refractivity contribution in [3.05, 3.63) is 35.9 Å². The molecule has 0 fully saturated rings. The number of carbonyl (C=O) groups is 5. The molecule has 42 heavy (non-hydrogen) atoms. The summed E-state index contributed by atoms with van der Waals surface area (Å²) in [6, 6.07) is 5.64. The third-order valence-corrected chi connectivity index (χ3v) is 5.21. The number of unbranched alkanes of at least 4 members (excludes halogenated alkanes) is 1. The standard InChI is InChI=1S/C9H11NO2.C6H13N3O3.C6H14N2O2.C5H11NO2/c10-8(9(11)12)6-7-4-2-1-3-5-7;7-4(5(10)11)2-1-3-9-6(8)12;7-4-2-1-3-5(8)6(9)10;1-3(2)4(6)5(7)8/h1-5,8H,6,10H2,(H,11,12);4H,1-3,7H2,(H,10,11)(H3,8,9,12);5H,1-4,7-8H2,(H,9,10);3-4H,6H2,1-2H3,(H,7,8)/t8-;4-;5-;4-/m0000/s1. The van der Waals surface area contributed by atoms with Gasteiger partial charge in [0, 0.05) is 6.54 Å². The Morgan fingerprint density at radius 3 is 1.50 bits per heavy atom. The van der Waals surface area contributed by atoms with Crippen LogP contribution < -0.4 is 39.7 Å². The average molecular weight is 604 g/mol. The second-order valence-corrected chi connectivity index (χ2v) is 9.35. The highest BCUT2D eigenvalue weighted by Gasteiger charge is 2.14. The van der Waals surface area contributed by atoms with Crippen molar-refractivity contribution in [2.45, 2.75) is 76.5 Å². The van der Waals surface area contributed by atoms with Crippen molar-refractivity contribution in [3.63, 3.8) is 0 Å². The lowest BCUT2D eigenvalue weighted by Gasteiger charge is -2.07. The largest absolute Gasteiger partial charge is 0.480 e. The smallest absolute Gasteiger partial charge is 0.320 e. The van der Waals surface area contributed by atoms with Crippen LogP contribution in [0.25, 0.3) is 0 Å². The number of rotatable bonds is 15. The van der Waals surface area contributed by atoms with Crippen LogP contribution in [0.15, 0.2) is 30.3 Å². The number of nitrogens with one attached hydrogen (secondary N) is 1. The molecule has 16 heteroatoms. The van der Waals surface area contributed by atoms with E-state index < -0.39 is 54.1 Å². The van der Waals surface area contributed by atoms with Gasteiger partial charge in [-0.2, -0.15) is 0 Å². The summed E-state index contributed by atoms with van der Waals surface area (Å²) in [4.78, 5) is 50.9. The Morgan fingerprint density at radius 1 is 0.714 bits per heavy atom. The maximum Gasteiger partial charge on any atom is 0.320 e. The van der Waals surface area contributed by atoms with E-state index in [2.05, 4.69) is 5.32 Å². The number of carboxylic acids is 4. The summed E-state index contributed by atoms with van der Waals surface area (Å²) in [6.45, 7) is 4.51. The molecule has 0 spiro atoms. The van der Waals surface area contributed by atoms with Gasteiger partial charge in [-0.1, -0.05) is 50.6 Å². The maximum absolute atomic E-state index is 10.4. The molecule has 0 aromatic heterocycles. The number of benzene rings is 1. The topological polar surface area (TPSA) is 334 Å². The number of amides is 2. The summed E-state index contributed by atoms with van der Waals surface area (Å²) in [5.41, 5.74) is 31.8. The van der Waals surface area contributed by atoms with E-state index in [-0.39, 0.29) is 5.92 Å². The van der Waals surface area contributed by atoms with Gasteiger partial charge in [0.05, 0.1) is 0 Å². The summed E-state index contributed by atoms with van der Waals surface area (Å²) in [5.74, 6) is -3.84. The lowest BCUT2D eigenvalue weighted by atomic mass is 10.1. The van der Waals surface area contributed by atoms with E-state index in [0.29, 0.717) is 38.8 Å². The van der Waals surface area contributed by atoms with Crippen LogP contribution in [-0.4, -0.2) is 87.6 Å². The van der Waals surface area contributed by atoms with Gasteiger partial charge in [0.1, 0.15) is 24.2 Å². The zero-order valence-electron chi connectivity index (χ0n) is 24.2. The molecule has 1 rings (SSSR count). The van der Waals surface area contributed by atoms with Crippen LogP contribution in [-0.2, 0) is 25.6 Å². The van der Waals surface area contributed by atoms with Gasteiger partial charge in [-0.3, -0.25) is 19.2 Å². The molecule has 1 aromatic carbocycles. The normalized spacial score (nSPS) is 12.8. The second kappa shape index (κ2) is 26.1. The minimum Gasteiger partial charge on any atom is -0.480 e. The van der Waals surface area contributed by atoms with Crippen LogP contribution in [0.1, 0.15) is 51.5 Å². The molecule has 0 saturated carbocycles. The lowest BCUT2D eigenvalue weighted by Crippen LogP contribution is -2.34. The van der Waals surface area contributed by atoms with E-state index in [9.17, 15) is 24.0 Å². The Labute approximate surface area is 245 Å². The fourth-order valence-corrected chi connectivity index (χ4v) is 2.53. The number of hydrogen-bond acceptors (Lipinski definition) is 10. The molecule has 2 amide bonds. The summed E-state index contributed by atoms with van der Waals surface area (Å²) < 4.78 is 0. The first kappa shape index (κ1) is 42.6. The Morgan fingerprint density at radius 2 is 1.17 bits per heavy atom. The minimum absolute atomic E-state index is 0.0208. The number of primary amides is 1. The van der Waals surface area contributed by atoms with Gasteiger partial charge >= 0.3 is 29.9 Å². The molecule has 0 bridgehead atoms. The van der Waals surface area contributed by atoms with Crippen molar-refractivity contribution in [2.75, 3.05) is 13.1 Å². The summed E-state index contributed by atoms with van der Waals surface area (Å²) in [5, 5.41) is 35.8. The number of urea groups is 1. The van der Waals surface area contributed by atoms with E-state index in [4.69, 9.17) is 54.8 Å². The Bertz CT molecular complexity index is 905. The zero-order valence-corrected chi connectivity index (χ0v) is 24.2. The number of aliphatic carboxylic acids is 4. The van der Waals surface area contributed by atoms with Gasteiger partial charge in [0.25, 0.3) is 0 Å². The number of carboxylic acid groups (broad SMARTS) is 4. The zero-order chi connectivity index (χ0) is 33.3. The summed E-state index contributed by atoms with van der Waals surface area (Å²) >= 11 is 0. The Balaban J connectivity index is -0.000000489.